The van der Waals surface area contributed by atoms with Crippen molar-refractivity contribution in [3.63, 3.8) is 0 Å². The van der Waals surface area contributed by atoms with Crippen LogP contribution in [0.15, 0.2) is 18.3 Å². The van der Waals surface area contributed by atoms with E-state index in [1.165, 1.54) is 6.20 Å². The lowest BCUT2D eigenvalue weighted by Gasteiger charge is -2.30. The van der Waals surface area contributed by atoms with Gasteiger partial charge < -0.3 is 14.8 Å². The van der Waals surface area contributed by atoms with Crippen LogP contribution in [0.3, 0.4) is 0 Å². The Bertz CT molecular complexity index is 408. The number of hydrogen-bond acceptors (Lipinski definition) is 4. The van der Waals surface area contributed by atoms with Gasteiger partial charge in [0.25, 0.3) is 0 Å². The second-order valence-electron chi connectivity index (χ2n) is 4.17. The summed E-state index contributed by atoms with van der Waals surface area (Å²) in [4.78, 5) is 27.5. The van der Waals surface area contributed by atoms with Gasteiger partial charge in [0.05, 0.1) is 5.56 Å². The predicted molar refractivity (Wildman–Crippen MR) is 62.2 cm³/mol. The summed E-state index contributed by atoms with van der Waals surface area (Å²) in [6.45, 7) is 1.59. The first-order valence-electron chi connectivity index (χ1n) is 5.60. The molecule has 2 rings (SSSR count). The third-order valence-electron chi connectivity index (χ3n) is 3.05. The number of carboxylic acid groups (broad SMARTS) is 1. The average Bonchev–Trinajstić information content (AvgIpc) is 2.39. The summed E-state index contributed by atoms with van der Waals surface area (Å²) in [5.74, 6) is -0.0346. The molecule has 5 heteroatoms. The van der Waals surface area contributed by atoms with Crippen LogP contribution in [0.4, 0.5) is 5.82 Å². The third kappa shape index (κ3) is 2.61. The number of anilines is 1. The molecule has 1 fully saturated rings. The van der Waals surface area contributed by atoms with Gasteiger partial charge in [-0.05, 0) is 25.0 Å². The standard InChI is InChI=1S/C12H14N2O3/c15-8-9-3-5-14(6-4-9)11-2-1-10(7-13-11)12(16)17/h1-2,7-9H,3-6H2,(H,16,17). The molecular formula is C12H14N2O3. The van der Waals surface area contributed by atoms with Crippen LogP contribution in [0.1, 0.15) is 23.2 Å². The van der Waals surface area contributed by atoms with Crippen LogP contribution in [0.5, 0.6) is 0 Å². The van der Waals surface area contributed by atoms with E-state index >= 15 is 0 Å². The van der Waals surface area contributed by atoms with Crippen molar-refractivity contribution in [3.8, 4) is 0 Å². The number of carbonyl (C=O) groups excluding carboxylic acids is 1. The fourth-order valence-corrected chi connectivity index (χ4v) is 1.96. The Balaban J connectivity index is 2.03. The lowest BCUT2D eigenvalue weighted by Crippen LogP contribution is -2.34. The topological polar surface area (TPSA) is 70.5 Å². The Morgan fingerprint density at radius 2 is 2.12 bits per heavy atom. The molecule has 90 valence electrons. The zero-order valence-electron chi connectivity index (χ0n) is 9.37. The third-order valence-corrected chi connectivity index (χ3v) is 3.05. The summed E-state index contributed by atoms with van der Waals surface area (Å²) < 4.78 is 0. The maximum atomic E-state index is 10.7. The molecule has 0 spiro atoms. The number of piperidine rings is 1. The number of carbonyl (C=O) groups is 2. The molecule has 17 heavy (non-hydrogen) atoms. The van der Waals surface area contributed by atoms with Gasteiger partial charge in [0.1, 0.15) is 12.1 Å². The van der Waals surface area contributed by atoms with Crippen molar-refractivity contribution in [2.24, 2.45) is 5.92 Å². The minimum absolute atomic E-state index is 0.157. The maximum Gasteiger partial charge on any atom is 0.337 e. The van der Waals surface area contributed by atoms with Crippen molar-refractivity contribution >= 4 is 18.1 Å². The Morgan fingerprint density at radius 3 is 2.59 bits per heavy atom. The first-order valence-corrected chi connectivity index (χ1v) is 5.60. The lowest BCUT2D eigenvalue weighted by atomic mass is 9.99. The molecule has 5 nitrogen and oxygen atoms in total. The van der Waals surface area contributed by atoms with Crippen molar-refractivity contribution in [1.82, 2.24) is 4.98 Å². The van der Waals surface area contributed by atoms with E-state index in [9.17, 15) is 9.59 Å². The molecule has 1 aromatic heterocycles. The smallest absolute Gasteiger partial charge is 0.337 e. The number of hydrogen-bond donors (Lipinski definition) is 1. The minimum Gasteiger partial charge on any atom is -0.478 e. The molecular weight excluding hydrogens is 220 g/mol. The quantitative estimate of drug-likeness (QED) is 0.795. The summed E-state index contributed by atoms with van der Waals surface area (Å²) in [5.41, 5.74) is 0.191. The van der Waals surface area contributed by atoms with Gasteiger partial charge in [0.2, 0.25) is 0 Å². The van der Waals surface area contributed by atoms with Crippen LogP contribution >= 0.6 is 0 Å². The number of rotatable bonds is 3. The highest BCUT2D eigenvalue weighted by Crippen LogP contribution is 2.20. The molecule has 2 heterocycles. The molecule has 0 amide bonds. The molecule has 1 aromatic rings. The summed E-state index contributed by atoms with van der Waals surface area (Å²) in [5, 5.41) is 8.76. The molecule has 0 bridgehead atoms. The number of carboxylic acids is 1. The number of nitrogens with zero attached hydrogens (tertiary/aromatic N) is 2. The molecule has 0 atom stereocenters. The summed E-state index contributed by atoms with van der Waals surface area (Å²) in [6.07, 6.45) is 4.06. The Morgan fingerprint density at radius 1 is 1.41 bits per heavy atom. The Hall–Kier alpha value is -1.91. The minimum atomic E-state index is -0.969. The molecule has 0 unspecified atom stereocenters. The number of pyridine rings is 1. The van der Waals surface area contributed by atoms with Gasteiger partial charge in [-0.2, -0.15) is 0 Å². The van der Waals surface area contributed by atoms with Gasteiger partial charge in [-0.3, -0.25) is 0 Å². The molecule has 0 aromatic carbocycles. The average molecular weight is 234 g/mol. The first kappa shape index (κ1) is 11.6. The molecule has 0 aliphatic carbocycles. The van der Waals surface area contributed by atoms with Crippen molar-refractivity contribution in [2.75, 3.05) is 18.0 Å². The second kappa shape index (κ2) is 4.95. The summed E-state index contributed by atoms with van der Waals surface area (Å²) in [7, 11) is 0. The predicted octanol–water partition coefficient (Wildman–Crippen LogP) is 1.20. The zero-order chi connectivity index (χ0) is 12.3. The monoisotopic (exact) mass is 234 g/mol. The van der Waals surface area contributed by atoms with Crippen LogP contribution < -0.4 is 4.90 Å². The van der Waals surface area contributed by atoms with Gasteiger partial charge in [-0.15, -0.1) is 0 Å². The Labute approximate surface area is 99.1 Å². The van der Waals surface area contributed by atoms with E-state index < -0.39 is 5.97 Å². The van der Waals surface area contributed by atoms with Crippen LogP contribution in [0.2, 0.25) is 0 Å². The molecule has 1 aliphatic rings. The molecule has 1 saturated heterocycles. The van der Waals surface area contributed by atoms with E-state index in [0.717, 1.165) is 38.0 Å². The van der Waals surface area contributed by atoms with Gasteiger partial charge in [-0.1, -0.05) is 0 Å². The Kier molecular flexibility index (Phi) is 3.37. The maximum absolute atomic E-state index is 10.7. The van der Waals surface area contributed by atoms with E-state index in [4.69, 9.17) is 5.11 Å². The van der Waals surface area contributed by atoms with Crippen molar-refractivity contribution < 1.29 is 14.7 Å². The van der Waals surface area contributed by atoms with E-state index in [1.54, 1.807) is 12.1 Å². The molecule has 0 radical (unpaired) electrons. The fraction of sp³-hybridized carbons (Fsp3) is 0.417. The highest BCUT2D eigenvalue weighted by atomic mass is 16.4. The van der Waals surface area contributed by atoms with Gasteiger partial charge >= 0.3 is 5.97 Å². The van der Waals surface area contributed by atoms with Crippen LogP contribution in [-0.2, 0) is 4.79 Å². The van der Waals surface area contributed by atoms with Crippen molar-refractivity contribution in [2.45, 2.75) is 12.8 Å². The number of aldehydes is 1. The largest absolute Gasteiger partial charge is 0.478 e. The van der Waals surface area contributed by atoms with Crippen molar-refractivity contribution in [3.05, 3.63) is 23.9 Å². The van der Waals surface area contributed by atoms with E-state index in [1.807, 2.05) is 0 Å². The zero-order valence-corrected chi connectivity index (χ0v) is 9.37. The lowest BCUT2D eigenvalue weighted by molar-refractivity contribution is -0.111. The first-order chi connectivity index (χ1) is 8.20. The van der Waals surface area contributed by atoms with E-state index in [0.29, 0.717) is 0 Å². The van der Waals surface area contributed by atoms with Gasteiger partial charge in [0.15, 0.2) is 0 Å². The van der Waals surface area contributed by atoms with Crippen molar-refractivity contribution in [1.29, 1.82) is 0 Å². The van der Waals surface area contributed by atoms with Crippen LogP contribution in [-0.4, -0.2) is 35.4 Å². The van der Waals surface area contributed by atoms with E-state index in [2.05, 4.69) is 9.88 Å². The molecule has 1 N–H and O–H groups in total. The highest BCUT2D eigenvalue weighted by Gasteiger charge is 2.19. The highest BCUT2D eigenvalue weighted by molar-refractivity contribution is 5.87. The number of aromatic carboxylic acids is 1. The van der Waals surface area contributed by atoms with E-state index in [-0.39, 0.29) is 11.5 Å². The second-order valence-corrected chi connectivity index (χ2v) is 4.17. The SMILES string of the molecule is O=CC1CCN(c2ccc(C(=O)O)cn2)CC1. The summed E-state index contributed by atoms with van der Waals surface area (Å²) >= 11 is 0. The van der Waals surface area contributed by atoms with Crippen LogP contribution in [0, 0.1) is 5.92 Å². The van der Waals surface area contributed by atoms with Gasteiger partial charge in [-0.25, -0.2) is 9.78 Å². The van der Waals surface area contributed by atoms with Gasteiger partial charge in [0, 0.05) is 25.2 Å². The molecule has 1 aliphatic heterocycles. The van der Waals surface area contributed by atoms with Crippen LogP contribution in [0.25, 0.3) is 0 Å². The fourth-order valence-electron chi connectivity index (χ4n) is 1.96. The summed E-state index contributed by atoms with van der Waals surface area (Å²) in [6, 6.07) is 3.27. The number of aromatic nitrogens is 1. The molecule has 0 saturated carbocycles. The normalized spacial score (nSPS) is 16.8.